The molecule has 1 amide bonds. The second-order valence-electron chi connectivity index (χ2n) is 3.99. The lowest BCUT2D eigenvalue weighted by molar-refractivity contribution is 0.109. The van der Waals surface area contributed by atoms with Crippen LogP contribution >= 0.6 is 11.3 Å². The van der Waals surface area contributed by atoms with Gasteiger partial charge in [-0.05, 0) is 38.3 Å². The number of carbonyl (C=O) groups is 1. The number of fused-ring (bicyclic) bond motifs is 1. The van der Waals surface area contributed by atoms with Crippen LogP contribution < -0.4 is 0 Å². The van der Waals surface area contributed by atoms with Crippen molar-refractivity contribution in [3.8, 4) is 0 Å². The second kappa shape index (κ2) is 4.87. The number of thiophene rings is 1. The summed E-state index contributed by atoms with van der Waals surface area (Å²) < 4.78 is 5.03. The van der Waals surface area contributed by atoms with E-state index in [0.717, 1.165) is 25.9 Å². The van der Waals surface area contributed by atoms with Crippen LogP contribution in [0.3, 0.4) is 0 Å². The summed E-state index contributed by atoms with van der Waals surface area (Å²) in [6.45, 7) is 6.00. The minimum atomic E-state index is -0.172. The van der Waals surface area contributed by atoms with Gasteiger partial charge in [-0.3, -0.25) is 0 Å². The van der Waals surface area contributed by atoms with E-state index in [2.05, 4.69) is 13.0 Å². The Hall–Kier alpha value is -1.03. The fourth-order valence-corrected chi connectivity index (χ4v) is 3.11. The minimum absolute atomic E-state index is 0.172. The molecule has 0 saturated carbocycles. The van der Waals surface area contributed by atoms with Crippen LogP contribution in [0.2, 0.25) is 0 Å². The molecule has 0 atom stereocenters. The first kappa shape index (κ1) is 11.5. The zero-order valence-electron chi connectivity index (χ0n) is 9.78. The molecule has 2 heterocycles. The third-order valence-electron chi connectivity index (χ3n) is 2.81. The van der Waals surface area contributed by atoms with Crippen LogP contribution in [0.25, 0.3) is 0 Å². The Morgan fingerprint density at radius 3 is 3.00 bits per heavy atom. The highest BCUT2D eigenvalue weighted by atomic mass is 32.1. The molecule has 0 spiro atoms. The van der Waals surface area contributed by atoms with Gasteiger partial charge in [-0.1, -0.05) is 0 Å². The van der Waals surface area contributed by atoms with Crippen LogP contribution in [0.15, 0.2) is 6.07 Å². The van der Waals surface area contributed by atoms with Crippen LogP contribution in [0.5, 0.6) is 0 Å². The number of hydrogen-bond donors (Lipinski definition) is 0. The summed E-state index contributed by atoms with van der Waals surface area (Å²) in [4.78, 5) is 16.2. The molecular formula is C12H17NO2S. The average molecular weight is 239 g/mol. The lowest BCUT2D eigenvalue weighted by Crippen LogP contribution is -2.33. The molecule has 1 aromatic heterocycles. The van der Waals surface area contributed by atoms with Gasteiger partial charge >= 0.3 is 6.09 Å². The maximum Gasteiger partial charge on any atom is 0.409 e. The van der Waals surface area contributed by atoms with Crippen LogP contribution in [-0.4, -0.2) is 30.7 Å². The quantitative estimate of drug-likeness (QED) is 0.754. The van der Waals surface area contributed by atoms with Gasteiger partial charge in [0.1, 0.15) is 0 Å². The van der Waals surface area contributed by atoms with Crippen molar-refractivity contribution in [2.75, 3.05) is 19.7 Å². The molecule has 0 fully saturated rings. The first-order valence-electron chi connectivity index (χ1n) is 5.70. The molecular weight excluding hydrogens is 222 g/mol. The monoisotopic (exact) mass is 239 g/mol. The van der Waals surface area contributed by atoms with Crippen molar-refractivity contribution in [2.24, 2.45) is 0 Å². The third-order valence-corrected chi connectivity index (χ3v) is 3.96. The van der Waals surface area contributed by atoms with Crippen molar-refractivity contribution >= 4 is 17.4 Å². The van der Waals surface area contributed by atoms with Gasteiger partial charge in [-0.15, -0.1) is 11.3 Å². The summed E-state index contributed by atoms with van der Waals surface area (Å²) in [5.74, 6) is 0. The van der Waals surface area contributed by atoms with Gasteiger partial charge in [0.05, 0.1) is 6.61 Å². The van der Waals surface area contributed by atoms with E-state index in [1.54, 1.807) is 0 Å². The number of ether oxygens (including phenoxy) is 1. The van der Waals surface area contributed by atoms with Gasteiger partial charge in [0.2, 0.25) is 0 Å². The van der Waals surface area contributed by atoms with Crippen LogP contribution in [0.1, 0.15) is 22.2 Å². The standard InChI is InChI=1S/C12H17NO2S/c1-3-15-12(14)13-6-4-10-8-9(2)16-11(10)5-7-13/h8H,3-7H2,1-2H3. The Labute approximate surface area is 100 Å². The maximum absolute atomic E-state index is 11.6. The van der Waals surface area contributed by atoms with Gasteiger partial charge in [-0.25, -0.2) is 4.79 Å². The van der Waals surface area contributed by atoms with E-state index in [4.69, 9.17) is 4.74 Å². The SMILES string of the molecule is CCOC(=O)N1CCc2cc(C)sc2CC1. The predicted molar refractivity (Wildman–Crippen MR) is 65.1 cm³/mol. The second-order valence-corrected chi connectivity index (χ2v) is 5.33. The molecule has 0 radical (unpaired) electrons. The summed E-state index contributed by atoms with van der Waals surface area (Å²) in [5.41, 5.74) is 1.41. The Morgan fingerprint density at radius 2 is 2.25 bits per heavy atom. The molecule has 1 aliphatic heterocycles. The van der Waals surface area contributed by atoms with Crippen molar-refractivity contribution in [1.29, 1.82) is 0 Å². The predicted octanol–water partition coefficient (Wildman–Crippen LogP) is 2.61. The van der Waals surface area contributed by atoms with E-state index < -0.39 is 0 Å². The smallest absolute Gasteiger partial charge is 0.409 e. The van der Waals surface area contributed by atoms with E-state index in [0.29, 0.717) is 6.61 Å². The molecule has 0 N–H and O–H groups in total. The molecule has 88 valence electrons. The largest absolute Gasteiger partial charge is 0.450 e. The summed E-state index contributed by atoms with van der Waals surface area (Å²) in [6, 6.07) is 2.24. The number of nitrogens with zero attached hydrogens (tertiary/aromatic N) is 1. The van der Waals surface area contributed by atoms with Crippen molar-refractivity contribution in [3.63, 3.8) is 0 Å². The van der Waals surface area contributed by atoms with Crippen molar-refractivity contribution in [3.05, 3.63) is 21.4 Å². The molecule has 1 aromatic rings. The van der Waals surface area contributed by atoms with Crippen molar-refractivity contribution in [2.45, 2.75) is 26.7 Å². The summed E-state index contributed by atoms with van der Waals surface area (Å²) in [5, 5.41) is 0. The summed E-state index contributed by atoms with van der Waals surface area (Å²) >= 11 is 1.85. The lowest BCUT2D eigenvalue weighted by atomic mass is 10.2. The Bertz CT molecular complexity index is 361. The molecule has 0 unspecified atom stereocenters. The van der Waals surface area contributed by atoms with E-state index >= 15 is 0 Å². The zero-order valence-corrected chi connectivity index (χ0v) is 10.6. The molecule has 0 aromatic carbocycles. The number of carbonyl (C=O) groups excluding carboxylic acids is 1. The van der Waals surface area contributed by atoms with Crippen molar-refractivity contribution in [1.82, 2.24) is 4.90 Å². The zero-order chi connectivity index (χ0) is 11.5. The number of amides is 1. The molecule has 2 rings (SSSR count). The topological polar surface area (TPSA) is 29.5 Å². The van der Waals surface area contributed by atoms with Gasteiger partial charge in [0.15, 0.2) is 0 Å². The first-order valence-corrected chi connectivity index (χ1v) is 6.52. The van der Waals surface area contributed by atoms with E-state index in [1.807, 2.05) is 23.2 Å². The molecule has 4 heteroatoms. The first-order chi connectivity index (χ1) is 7.70. The van der Waals surface area contributed by atoms with Gasteiger partial charge in [-0.2, -0.15) is 0 Å². The summed E-state index contributed by atoms with van der Waals surface area (Å²) in [7, 11) is 0. The third kappa shape index (κ3) is 2.38. The average Bonchev–Trinajstić information content (AvgIpc) is 2.48. The number of rotatable bonds is 1. The number of aryl methyl sites for hydroxylation is 1. The van der Waals surface area contributed by atoms with Gasteiger partial charge in [0.25, 0.3) is 0 Å². The van der Waals surface area contributed by atoms with Gasteiger partial charge < -0.3 is 9.64 Å². The van der Waals surface area contributed by atoms with Gasteiger partial charge in [0, 0.05) is 22.8 Å². The Morgan fingerprint density at radius 1 is 1.50 bits per heavy atom. The highest BCUT2D eigenvalue weighted by Gasteiger charge is 2.20. The van der Waals surface area contributed by atoms with Crippen LogP contribution in [0, 0.1) is 6.92 Å². The van der Waals surface area contributed by atoms with E-state index in [9.17, 15) is 4.79 Å². The maximum atomic E-state index is 11.6. The van der Waals surface area contributed by atoms with Crippen LogP contribution in [-0.2, 0) is 17.6 Å². The molecule has 3 nitrogen and oxygen atoms in total. The molecule has 16 heavy (non-hydrogen) atoms. The molecule has 1 aliphatic rings. The Balaban J connectivity index is 2.02. The molecule has 0 saturated heterocycles. The fourth-order valence-electron chi connectivity index (χ4n) is 2.04. The lowest BCUT2D eigenvalue weighted by Gasteiger charge is -2.18. The molecule has 0 aliphatic carbocycles. The minimum Gasteiger partial charge on any atom is -0.450 e. The number of hydrogen-bond acceptors (Lipinski definition) is 3. The highest BCUT2D eigenvalue weighted by molar-refractivity contribution is 7.12. The molecule has 0 bridgehead atoms. The normalized spacial score (nSPS) is 15.5. The van der Waals surface area contributed by atoms with E-state index in [-0.39, 0.29) is 6.09 Å². The van der Waals surface area contributed by atoms with Crippen LogP contribution in [0.4, 0.5) is 4.79 Å². The van der Waals surface area contributed by atoms with E-state index in [1.165, 1.54) is 15.3 Å². The Kier molecular flexibility index (Phi) is 3.49. The highest BCUT2D eigenvalue weighted by Crippen LogP contribution is 2.25. The fraction of sp³-hybridized carbons (Fsp3) is 0.583. The van der Waals surface area contributed by atoms with Crippen molar-refractivity contribution < 1.29 is 9.53 Å². The summed E-state index contributed by atoms with van der Waals surface area (Å²) in [6.07, 6.45) is 1.75.